The molecule has 5 aromatic heterocycles. The molecule has 0 aliphatic rings. The van der Waals surface area contributed by atoms with Gasteiger partial charge in [0.25, 0.3) is 0 Å². The molecule has 5 heterocycles. The molecular formula is C48H68S5. The predicted molar refractivity (Wildman–Crippen MR) is 248 cm³/mol. The molecule has 0 atom stereocenters. The van der Waals surface area contributed by atoms with Gasteiger partial charge in [-0.05, 0) is 137 Å². The van der Waals surface area contributed by atoms with Crippen LogP contribution in [0.2, 0.25) is 0 Å². The van der Waals surface area contributed by atoms with Gasteiger partial charge in [-0.15, -0.1) is 56.7 Å². The molecule has 5 heteroatoms. The second-order valence-corrected chi connectivity index (χ2v) is 21.2. The van der Waals surface area contributed by atoms with Gasteiger partial charge >= 0.3 is 0 Å². The highest BCUT2D eigenvalue weighted by atomic mass is 32.1. The normalized spacial score (nSPS) is 11.8. The molecule has 0 saturated heterocycles. The lowest BCUT2D eigenvalue weighted by atomic mass is 9.95. The smallest absolute Gasteiger partial charge is 0.0484 e. The van der Waals surface area contributed by atoms with Gasteiger partial charge < -0.3 is 0 Å². The Balaban J connectivity index is 1.62. The van der Waals surface area contributed by atoms with Crippen LogP contribution in [0.1, 0.15) is 174 Å². The summed E-state index contributed by atoms with van der Waals surface area (Å²) in [4.78, 5) is 15.2. The number of unbranched alkanes of at least 4 members (excludes halogenated alkanes) is 12. The summed E-state index contributed by atoms with van der Waals surface area (Å²) in [7, 11) is 0. The van der Waals surface area contributed by atoms with E-state index in [1.54, 1.807) is 41.8 Å². The second kappa shape index (κ2) is 21.7. The van der Waals surface area contributed by atoms with Gasteiger partial charge in [-0.1, -0.05) is 105 Å². The fourth-order valence-electron chi connectivity index (χ4n) is 7.72. The zero-order valence-corrected chi connectivity index (χ0v) is 38.6. The summed E-state index contributed by atoms with van der Waals surface area (Å²) < 4.78 is 0. The van der Waals surface area contributed by atoms with E-state index in [1.807, 2.05) is 22.7 Å². The molecule has 0 radical (unpaired) electrons. The van der Waals surface area contributed by atoms with Gasteiger partial charge in [0.1, 0.15) is 0 Å². The summed E-state index contributed by atoms with van der Waals surface area (Å²) >= 11 is 10.4. The van der Waals surface area contributed by atoms with Crippen molar-refractivity contribution in [1.29, 1.82) is 0 Å². The van der Waals surface area contributed by atoms with E-state index in [2.05, 4.69) is 114 Å². The minimum absolute atomic E-state index is 1.22. The molecule has 5 rings (SSSR count). The van der Waals surface area contributed by atoms with Gasteiger partial charge in [-0.2, -0.15) is 0 Å². The van der Waals surface area contributed by atoms with Crippen LogP contribution in [0.5, 0.6) is 0 Å². The number of hydrogen-bond donors (Lipinski definition) is 0. The SMILES string of the molecule is CCCCCCc1c(-c2ccc(-c3sc(-c4cc(C)c(C)s4)c(CCCCCC)c3CCCCCC)s2)sc(-c2cc(C)c(C)s2)c1CCCCCC. The molecule has 5 aromatic rings. The molecule has 0 aromatic carbocycles. The zero-order chi connectivity index (χ0) is 37.7. The van der Waals surface area contributed by atoms with Crippen LogP contribution >= 0.6 is 56.7 Å². The Morgan fingerprint density at radius 3 is 0.906 bits per heavy atom. The van der Waals surface area contributed by atoms with Crippen LogP contribution in [0, 0.1) is 27.7 Å². The van der Waals surface area contributed by atoms with Crippen molar-refractivity contribution in [3.63, 3.8) is 0 Å². The standard InChI is InChI=1S/C48H68S5/c1-9-13-17-21-25-37-39(27-23-19-15-11-3)47(43-31-33(5)35(7)49-43)52-45(37)41-29-30-42(51-41)46-38(26-22-18-14-10-2)40(28-24-20-16-12-4)48(53-46)44-32-34(6)36(8)50-44/h29-32H,9-28H2,1-8H3. The fourth-order valence-corrected chi connectivity index (χ4v) is 14.1. The van der Waals surface area contributed by atoms with Crippen LogP contribution < -0.4 is 0 Å². The maximum Gasteiger partial charge on any atom is 0.0484 e. The van der Waals surface area contributed by atoms with Gasteiger partial charge in [0, 0.05) is 48.8 Å². The molecule has 0 fully saturated rings. The number of thiophene rings is 5. The molecule has 290 valence electrons. The first-order valence-electron chi connectivity index (χ1n) is 21.3. The summed E-state index contributed by atoms with van der Waals surface area (Å²) in [6.07, 6.45) is 26.0. The van der Waals surface area contributed by atoms with Crippen molar-refractivity contribution in [3.05, 3.63) is 67.4 Å². The van der Waals surface area contributed by atoms with E-state index in [4.69, 9.17) is 0 Å². The summed E-state index contributed by atoms with van der Waals surface area (Å²) in [6.45, 7) is 18.6. The minimum atomic E-state index is 1.22. The number of hydrogen-bond acceptors (Lipinski definition) is 5. The van der Waals surface area contributed by atoms with E-state index < -0.39 is 0 Å². The van der Waals surface area contributed by atoms with E-state index in [9.17, 15) is 0 Å². The van der Waals surface area contributed by atoms with E-state index in [1.165, 1.54) is 169 Å². The Morgan fingerprint density at radius 2 is 0.642 bits per heavy atom. The molecule has 0 aliphatic heterocycles. The van der Waals surface area contributed by atoms with Crippen LogP contribution in [0.4, 0.5) is 0 Å². The van der Waals surface area contributed by atoms with Crippen LogP contribution in [-0.4, -0.2) is 0 Å². The van der Waals surface area contributed by atoms with Crippen molar-refractivity contribution in [2.24, 2.45) is 0 Å². The maximum atomic E-state index is 2.51. The monoisotopic (exact) mass is 804 g/mol. The third-order valence-electron chi connectivity index (χ3n) is 11.2. The first-order valence-corrected chi connectivity index (χ1v) is 25.4. The Kier molecular flexibility index (Phi) is 17.5. The van der Waals surface area contributed by atoms with E-state index in [-0.39, 0.29) is 0 Å². The summed E-state index contributed by atoms with van der Waals surface area (Å²) in [5.74, 6) is 0. The topological polar surface area (TPSA) is 0 Å². The van der Waals surface area contributed by atoms with Crippen LogP contribution in [0.15, 0.2) is 24.3 Å². The van der Waals surface area contributed by atoms with Crippen molar-refractivity contribution >= 4 is 56.7 Å². The molecule has 0 aliphatic carbocycles. The Bertz CT molecular complexity index is 1660. The third kappa shape index (κ3) is 11.1. The Morgan fingerprint density at radius 1 is 0.340 bits per heavy atom. The molecule has 0 bridgehead atoms. The largest absolute Gasteiger partial charge is 0.139 e. The van der Waals surface area contributed by atoms with E-state index >= 15 is 0 Å². The van der Waals surface area contributed by atoms with Crippen LogP contribution in [0.25, 0.3) is 39.0 Å². The molecule has 0 nitrogen and oxygen atoms in total. The zero-order valence-electron chi connectivity index (χ0n) is 34.5. The minimum Gasteiger partial charge on any atom is -0.139 e. The van der Waals surface area contributed by atoms with E-state index in [0.717, 1.165) is 0 Å². The summed E-state index contributed by atoms with van der Waals surface area (Å²) in [5.41, 5.74) is 9.62. The average molecular weight is 805 g/mol. The number of rotatable bonds is 24. The van der Waals surface area contributed by atoms with Crippen LogP contribution in [0.3, 0.4) is 0 Å². The van der Waals surface area contributed by atoms with Gasteiger partial charge in [-0.3, -0.25) is 0 Å². The van der Waals surface area contributed by atoms with Gasteiger partial charge in [-0.25, -0.2) is 0 Å². The van der Waals surface area contributed by atoms with Crippen molar-refractivity contribution < 1.29 is 0 Å². The van der Waals surface area contributed by atoms with Crippen LogP contribution in [-0.2, 0) is 25.7 Å². The quantitative estimate of drug-likeness (QED) is 0.0545. The first-order chi connectivity index (χ1) is 25.8. The Hall–Kier alpha value is -1.50. The van der Waals surface area contributed by atoms with E-state index in [0.29, 0.717) is 0 Å². The average Bonchev–Trinajstić information content (AvgIpc) is 3.97. The fraction of sp³-hybridized carbons (Fsp3) is 0.583. The van der Waals surface area contributed by atoms with Gasteiger partial charge in [0.2, 0.25) is 0 Å². The lowest BCUT2D eigenvalue weighted by molar-refractivity contribution is 0.653. The third-order valence-corrected chi connectivity index (χ3v) is 17.8. The summed E-state index contributed by atoms with van der Waals surface area (Å²) in [5, 5.41) is 0. The predicted octanol–water partition coefficient (Wildman–Crippen LogP) is 18.4. The molecule has 0 amide bonds. The molecule has 0 unspecified atom stereocenters. The lowest BCUT2D eigenvalue weighted by Crippen LogP contribution is -1.95. The number of aryl methyl sites for hydroxylation is 4. The van der Waals surface area contributed by atoms with Gasteiger partial charge in [0.15, 0.2) is 0 Å². The van der Waals surface area contributed by atoms with Gasteiger partial charge in [0.05, 0.1) is 0 Å². The molecular weight excluding hydrogens is 737 g/mol. The van der Waals surface area contributed by atoms with Crippen molar-refractivity contribution in [2.75, 3.05) is 0 Å². The highest BCUT2D eigenvalue weighted by Crippen LogP contribution is 2.52. The molecule has 0 spiro atoms. The summed E-state index contributed by atoms with van der Waals surface area (Å²) in [6, 6.07) is 9.99. The maximum absolute atomic E-state index is 2.51. The highest BCUT2D eigenvalue weighted by Gasteiger charge is 2.25. The highest BCUT2D eigenvalue weighted by molar-refractivity contribution is 7.30. The molecule has 0 saturated carbocycles. The van der Waals surface area contributed by atoms with Crippen molar-refractivity contribution in [3.8, 4) is 39.0 Å². The molecule has 0 N–H and O–H groups in total. The van der Waals surface area contributed by atoms with Crippen molar-refractivity contribution in [1.82, 2.24) is 0 Å². The second-order valence-electron chi connectivity index (χ2n) is 15.5. The first kappa shape index (κ1) is 42.6. The van der Waals surface area contributed by atoms with Crippen molar-refractivity contribution in [2.45, 2.75) is 184 Å². The molecule has 53 heavy (non-hydrogen) atoms. The lowest BCUT2D eigenvalue weighted by Gasteiger charge is -2.10. The Labute approximate surface area is 344 Å².